The average molecular weight is 776 g/mol. The van der Waals surface area contributed by atoms with Gasteiger partial charge in [-0.1, -0.05) is 137 Å². The van der Waals surface area contributed by atoms with Crippen LogP contribution in [-0.4, -0.2) is 62.3 Å². The van der Waals surface area contributed by atoms with Crippen molar-refractivity contribution in [3.05, 3.63) is 0 Å². The molecule has 0 aromatic heterocycles. The van der Waals surface area contributed by atoms with Crippen LogP contribution < -0.4 is 0 Å². The molecule has 2 bridgehead atoms. The fourth-order valence-corrected chi connectivity index (χ4v) is 9.48. The lowest BCUT2D eigenvalue weighted by Crippen LogP contribution is -2.38. The molecule has 0 saturated heterocycles. The van der Waals surface area contributed by atoms with Crippen LogP contribution in [-0.2, 0) is 28.6 Å². The monoisotopic (exact) mass is 776 g/mol. The van der Waals surface area contributed by atoms with Gasteiger partial charge < -0.3 is 19.1 Å². The molecule has 4 atom stereocenters. The van der Waals surface area contributed by atoms with Gasteiger partial charge in [0.25, 0.3) is 0 Å². The normalized spacial score (nSPS) is 20.7. The minimum Gasteiger partial charge on any atom is -0.466 e. The first kappa shape index (κ1) is 49.5. The van der Waals surface area contributed by atoms with Crippen LogP contribution in [0.15, 0.2) is 0 Å². The van der Waals surface area contributed by atoms with E-state index in [1.54, 1.807) is 0 Å². The Bertz CT molecular complexity index is 1020. The van der Waals surface area contributed by atoms with Gasteiger partial charge in [-0.3, -0.25) is 14.4 Å². The van der Waals surface area contributed by atoms with Crippen molar-refractivity contribution in [2.75, 3.05) is 27.2 Å². The van der Waals surface area contributed by atoms with Crippen LogP contribution in [0.2, 0.25) is 0 Å². The summed E-state index contributed by atoms with van der Waals surface area (Å²) >= 11 is 0. The summed E-state index contributed by atoms with van der Waals surface area (Å²) in [5.74, 6) is 1.25. The number of carbonyl (C=O) groups excluding carboxylic acids is 3. The summed E-state index contributed by atoms with van der Waals surface area (Å²) in [4.78, 5) is 39.9. The minimum atomic E-state index is -0.0732. The van der Waals surface area contributed by atoms with Crippen molar-refractivity contribution in [3.63, 3.8) is 0 Å². The summed E-state index contributed by atoms with van der Waals surface area (Å²) in [7, 11) is 4.06. The Kier molecular flexibility index (Phi) is 25.9. The standard InChI is InChI=1S/C48H89NO6/c1-8-10-12-20-27-40(28-21-13-11-9-2)35-38-53-44(50)31-24-18-14-16-22-29-42(54-45(51)33-26-37-49(6)7)30-23-17-15-19-25-32-46(52)55-43-39-41-34-36-48(43,5)47(41,3)4/h40-43H,8-39H2,1-7H3. The summed E-state index contributed by atoms with van der Waals surface area (Å²) in [6, 6.07) is 0. The van der Waals surface area contributed by atoms with E-state index in [-0.39, 0.29) is 40.9 Å². The Morgan fingerprint density at radius 1 is 0.618 bits per heavy atom. The molecule has 2 saturated carbocycles. The zero-order valence-corrected chi connectivity index (χ0v) is 37.3. The summed E-state index contributed by atoms with van der Waals surface area (Å²) in [5.41, 5.74) is 0.386. The van der Waals surface area contributed by atoms with Gasteiger partial charge in [-0.25, -0.2) is 0 Å². The average Bonchev–Trinajstić information content (AvgIpc) is 3.47. The van der Waals surface area contributed by atoms with E-state index in [2.05, 4.69) is 39.5 Å². The fraction of sp³-hybridized carbons (Fsp3) is 0.938. The van der Waals surface area contributed by atoms with Gasteiger partial charge in [0, 0.05) is 24.7 Å². The molecule has 0 amide bonds. The molecule has 0 N–H and O–H groups in total. The van der Waals surface area contributed by atoms with Crippen molar-refractivity contribution in [1.29, 1.82) is 0 Å². The minimum absolute atomic E-state index is 0.0175. The summed E-state index contributed by atoms with van der Waals surface area (Å²) < 4.78 is 17.7. The van der Waals surface area contributed by atoms with Gasteiger partial charge in [-0.2, -0.15) is 0 Å². The van der Waals surface area contributed by atoms with Crippen LogP contribution in [0, 0.1) is 22.7 Å². The topological polar surface area (TPSA) is 82.1 Å². The van der Waals surface area contributed by atoms with Crippen LogP contribution in [0.3, 0.4) is 0 Å². The zero-order chi connectivity index (χ0) is 40.4. The number of hydrogen-bond acceptors (Lipinski definition) is 7. The van der Waals surface area contributed by atoms with E-state index in [9.17, 15) is 14.4 Å². The molecule has 4 unspecified atom stereocenters. The molecular weight excluding hydrogens is 687 g/mol. The largest absolute Gasteiger partial charge is 0.466 e. The molecule has 0 heterocycles. The Labute approximate surface area is 339 Å². The number of carbonyl (C=O) groups is 3. The van der Waals surface area contributed by atoms with Gasteiger partial charge in [0.05, 0.1) is 6.61 Å². The van der Waals surface area contributed by atoms with Crippen molar-refractivity contribution in [2.45, 2.75) is 239 Å². The van der Waals surface area contributed by atoms with Crippen LogP contribution in [0.25, 0.3) is 0 Å². The first-order valence-corrected chi connectivity index (χ1v) is 23.6. The third kappa shape index (κ3) is 20.1. The predicted molar refractivity (Wildman–Crippen MR) is 228 cm³/mol. The van der Waals surface area contributed by atoms with Gasteiger partial charge in [-0.15, -0.1) is 0 Å². The SMILES string of the molecule is CCCCCCC(CCCCCC)CCOC(=O)CCCCCCCC(CCCCCCCC(=O)OC1CC2CCC1(C)C2(C)C)OC(=O)CCCN(C)C. The lowest BCUT2D eigenvalue weighted by Gasteiger charge is -2.38. The zero-order valence-electron chi connectivity index (χ0n) is 37.3. The molecule has 0 aromatic carbocycles. The number of ether oxygens (including phenoxy) is 3. The predicted octanol–water partition coefficient (Wildman–Crippen LogP) is 12.9. The van der Waals surface area contributed by atoms with Crippen LogP contribution in [0.5, 0.6) is 0 Å². The molecule has 2 rings (SSSR count). The Balaban J connectivity index is 1.59. The van der Waals surface area contributed by atoms with E-state index < -0.39 is 0 Å². The highest BCUT2D eigenvalue weighted by Crippen LogP contribution is 2.66. The summed E-state index contributed by atoms with van der Waals surface area (Å²) in [5, 5.41) is 0. The van der Waals surface area contributed by atoms with E-state index in [4.69, 9.17) is 14.2 Å². The summed E-state index contributed by atoms with van der Waals surface area (Å²) in [6.07, 6.45) is 32.0. The molecule has 55 heavy (non-hydrogen) atoms. The molecule has 0 radical (unpaired) electrons. The molecule has 2 aliphatic carbocycles. The van der Waals surface area contributed by atoms with Crippen molar-refractivity contribution in [2.24, 2.45) is 22.7 Å². The maximum Gasteiger partial charge on any atom is 0.306 e. The third-order valence-electron chi connectivity index (χ3n) is 13.8. The Morgan fingerprint density at radius 2 is 1.13 bits per heavy atom. The third-order valence-corrected chi connectivity index (χ3v) is 13.8. The Morgan fingerprint density at radius 3 is 1.65 bits per heavy atom. The molecule has 0 aromatic rings. The molecule has 0 spiro atoms. The van der Waals surface area contributed by atoms with E-state index in [1.807, 2.05) is 14.1 Å². The van der Waals surface area contributed by atoms with Crippen molar-refractivity contribution in [1.82, 2.24) is 4.90 Å². The number of fused-ring (bicyclic) bond motifs is 2. The van der Waals surface area contributed by atoms with Crippen LogP contribution in [0.4, 0.5) is 0 Å². The Hall–Kier alpha value is -1.63. The lowest BCUT2D eigenvalue weighted by molar-refractivity contribution is -0.157. The molecule has 2 aliphatic rings. The smallest absolute Gasteiger partial charge is 0.306 e. The second kappa shape index (κ2) is 28.7. The maximum atomic E-state index is 12.7. The number of nitrogens with zero attached hydrogens (tertiary/aromatic N) is 1. The van der Waals surface area contributed by atoms with Gasteiger partial charge >= 0.3 is 17.9 Å². The molecule has 2 fully saturated rings. The molecule has 322 valence electrons. The highest BCUT2D eigenvalue weighted by atomic mass is 16.5. The van der Waals surface area contributed by atoms with Crippen molar-refractivity contribution < 1.29 is 28.6 Å². The first-order valence-electron chi connectivity index (χ1n) is 23.6. The molecular formula is C48H89NO6. The quantitative estimate of drug-likeness (QED) is 0.0360. The second-order valence-corrected chi connectivity index (χ2v) is 18.8. The molecule has 0 aliphatic heterocycles. The number of unbranched alkanes of at least 4 members (excludes halogenated alkanes) is 14. The van der Waals surface area contributed by atoms with Crippen molar-refractivity contribution >= 4 is 17.9 Å². The molecule has 7 nitrogen and oxygen atoms in total. The fourth-order valence-electron chi connectivity index (χ4n) is 9.48. The van der Waals surface area contributed by atoms with Crippen molar-refractivity contribution in [3.8, 4) is 0 Å². The number of hydrogen-bond donors (Lipinski definition) is 0. The van der Waals surface area contributed by atoms with Crippen LogP contribution in [0.1, 0.15) is 227 Å². The van der Waals surface area contributed by atoms with Gasteiger partial charge in [0.2, 0.25) is 0 Å². The highest BCUT2D eigenvalue weighted by molar-refractivity contribution is 5.70. The van der Waals surface area contributed by atoms with E-state index in [0.717, 1.165) is 103 Å². The van der Waals surface area contributed by atoms with E-state index in [0.29, 0.717) is 37.7 Å². The first-order chi connectivity index (χ1) is 26.4. The van der Waals surface area contributed by atoms with Gasteiger partial charge in [0.1, 0.15) is 12.2 Å². The second-order valence-electron chi connectivity index (χ2n) is 18.8. The highest BCUT2D eigenvalue weighted by Gasteiger charge is 2.62. The van der Waals surface area contributed by atoms with Crippen LogP contribution >= 0.6 is 0 Å². The lowest BCUT2D eigenvalue weighted by atomic mass is 9.70. The van der Waals surface area contributed by atoms with Gasteiger partial charge in [-0.05, 0) is 109 Å². The van der Waals surface area contributed by atoms with E-state index >= 15 is 0 Å². The van der Waals surface area contributed by atoms with Gasteiger partial charge in [0.15, 0.2) is 0 Å². The molecule has 7 heteroatoms. The maximum absolute atomic E-state index is 12.7. The number of esters is 3. The van der Waals surface area contributed by atoms with E-state index in [1.165, 1.54) is 77.0 Å². The number of rotatable bonds is 35. The summed E-state index contributed by atoms with van der Waals surface area (Å²) in [6.45, 7) is 13.0.